The van der Waals surface area contributed by atoms with Gasteiger partial charge in [0.05, 0.1) is 17.0 Å². The number of methoxy groups -OCH3 is 1. The van der Waals surface area contributed by atoms with Crippen LogP contribution in [0.4, 0.5) is 0 Å². The molecule has 0 unspecified atom stereocenters. The highest BCUT2D eigenvalue weighted by molar-refractivity contribution is 7.89. The summed E-state index contributed by atoms with van der Waals surface area (Å²) < 4.78 is 32.3. The molecule has 0 bridgehead atoms. The molecular weight excluding hydrogens is 348 g/mol. The third-order valence-corrected chi connectivity index (χ3v) is 6.08. The molecule has 0 aliphatic carbocycles. The summed E-state index contributed by atoms with van der Waals surface area (Å²) in [4.78, 5) is 2.59. The van der Waals surface area contributed by atoms with Gasteiger partial charge in [-0.1, -0.05) is 25.4 Å². The predicted octanol–water partition coefficient (Wildman–Crippen LogP) is 2.99. The Morgan fingerprint density at radius 1 is 1.29 bits per heavy atom. The summed E-state index contributed by atoms with van der Waals surface area (Å²) in [5.41, 5.74) is 0. The van der Waals surface area contributed by atoms with Crippen LogP contribution in [-0.4, -0.2) is 46.6 Å². The molecule has 136 valence electrons. The van der Waals surface area contributed by atoms with Crippen LogP contribution in [0.2, 0.25) is 5.02 Å². The summed E-state index contributed by atoms with van der Waals surface area (Å²) in [6.45, 7) is 8.10. The van der Waals surface area contributed by atoms with Crippen LogP contribution in [-0.2, 0) is 10.0 Å². The van der Waals surface area contributed by atoms with Crippen LogP contribution < -0.4 is 9.46 Å². The van der Waals surface area contributed by atoms with E-state index in [0.29, 0.717) is 24.1 Å². The fourth-order valence-corrected chi connectivity index (χ4v) is 4.80. The van der Waals surface area contributed by atoms with Crippen LogP contribution in [0.5, 0.6) is 5.75 Å². The van der Waals surface area contributed by atoms with Gasteiger partial charge in [-0.2, -0.15) is 0 Å². The molecule has 0 amide bonds. The highest BCUT2D eigenvalue weighted by Gasteiger charge is 2.21. The Labute approximate surface area is 150 Å². The van der Waals surface area contributed by atoms with Gasteiger partial charge in [-0.15, -0.1) is 0 Å². The number of rotatable bonds is 7. The van der Waals surface area contributed by atoms with E-state index in [-0.39, 0.29) is 9.92 Å². The Morgan fingerprint density at radius 3 is 2.54 bits per heavy atom. The molecule has 1 aromatic rings. The maximum Gasteiger partial charge on any atom is 0.240 e. The summed E-state index contributed by atoms with van der Waals surface area (Å²) in [6.07, 6.45) is 2.07. The van der Waals surface area contributed by atoms with Crippen molar-refractivity contribution in [1.29, 1.82) is 0 Å². The minimum absolute atomic E-state index is 0.161. The summed E-state index contributed by atoms with van der Waals surface area (Å²) in [5.74, 6) is 1.89. The lowest BCUT2D eigenvalue weighted by molar-refractivity contribution is 0.140. The second-order valence-corrected chi connectivity index (χ2v) is 8.93. The first-order chi connectivity index (χ1) is 11.3. The maximum absolute atomic E-state index is 12.3. The molecule has 1 aromatic carbocycles. The van der Waals surface area contributed by atoms with Gasteiger partial charge in [-0.25, -0.2) is 13.1 Å². The Bertz CT molecular complexity index is 641. The lowest BCUT2D eigenvalue weighted by atomic mass is 9.92. The van der Waals surface area contributed by atoms with E-state index >= 15 is 0 Å². The van der Waals surface area contributed by atoms with Crippen molar-refractivity contribution < 1.29 is 13.2 Å². The number of hydrogen-bond acceptors (Lipinski definition) is 4. The molecule has 0 spiro atoms. The molecule has 5 nitrogen and oxygen atoms in total. The molecule has 1 fully saturated rings. The molecule has 1 N–H and O–H groups in total. The summed E-state index contributed by atoms with van der Waals surface area (Å²) in [7, 11) is -2.04. The maximum atomic E-state index is 12.3. The molecule has 2 atom stereocenters. The van der Waals surface area contributed by atoms with E-state index in [1.54, 1.807) is 6.07 Å². The molecule has 1 heterocycles. The predicted molar refractivity (Wildman–Crippen MR) is 97.2 cm³/mol. The molecule has 2 rings (SSSR count). The summed E-state index contributed by atoms with van der Waals surface area (Å²) >= 11 is 6.00. The first kappa shape index (κ1) is 19.5. The van der Waals surface area contributed by atoms with Crippen molar-refractivity contribution in [2.24, 2.45) is 11.8 Å². The number of nitrogens with one attached hydrogen (secondary N) is 1. The monoisotopic (exact) mass is 374 g/mol. The van der Waals surface area contributed by atoms with E-state index in [4.69, 9.17) is 16.3 Å². The Hall–Kier alpha value is -0.820. The van der Waals surface area contributed by atoms with E-state index < -0.39 is 10.0 Å². The van der Waals surface area contributed by atoms with E-state index in [2.05, 4.69) is 23.5 Å². The molecule has 7 heteroatoms. The highest BCUT2D eigenvalue weighted by atomic mass is 35.5. The third kappa shape index (κ3) is 5.34. The largest absolute Gasteiger partial charge is 0.495 e. The van der Waals surface area contributed by atoms with Crippen LogP contribution >= 0.6 is 11.6 Å². The highest BCUT2D eigenvalue weighted by Crippen LogP contribution is 2.26. The van der Waals surface area contributed by atoms with Gasteiger partial charge in [0.2, 0.25) is 10.0 Å². The van der Waals surface area contributed by atoms with Crippen molar-refractivity contribution in [3.05, 3.63) is 23.2 Å². The number of nitrogens with zero attached hydrogens (tertiary/aromatic N) is 1. The smallest absolute Gasteiger partial charge is 0.240 e. The normalized spacial score (nSPS) is 22.5. The van der Waals surface area contributed by atoms with Gasteiger partial charge in [0, 0.05) is 19.6 Å². The topological polar surface area (TPSA) is 58.6 Å². The second kappa shape index (κ2) is 8.52. The van der Waals surface area contributed by atoms with Gasteiger partial charge in [-0.3, -0.25) is 0 Å². The number of likely N-dealkylation sites (tertiary alicyclic amines) is 1. The lowest BCUT2D eigenvalue weighted by Gasteiger charge is -2.34. The number of halogens is 1. The van der Waals surface area contributed by atoms with Gasteiger partial charge in [0.15, 0.2) is 0 Å². The van der Waals surface area contributed by atoms with Crippen molar-refractivity contribution >= 4 is 21.6 Å². The average molecular weight is 375 g/mol. The SMILES string of the molecule is COc1ccc(S(=O)(=O)NCCCN2C[C@H](C)C[C@@H](C)C2)cc1Cl. The van der Waals surface area contributed by atoms with Gasteiger partial charge >= 0.3 is 0 Å². The number of piperidine rings is 1. The second-order valence-electron chi connectivity index (χ2n) is 6.75. The van der Waals surface area contributed by atoms with Crippen LogP contribution in [0, 0.1) is 11.8 Å². The zero-order valence-electron chi connectivity index (χ0n) is 14.6. The van der Waals surface area contributed by atoms with Gasteiger partial charge < -0.3 is 9.64 Å². The van der Waals surface area contributed by atoms with Crippen molar-refractivity contribution in [3.63, 3.8) is 0 Å². The third-order valence-electron chi connectivity index (χ3n) is 4.32. The Kier molecular flexibility index (Phi) is 6.92. The number of ether oxygens (including phenoxy) is 1. The molecule has 1 aliphatic rings. The molecule has 0 saturated carbocycles. The van der Waals surface area contributed by atoms with E-state index in [0.717, 1.165) is 26.1 Å². The molecular formula is C17H27ClN2O3S. The molecule has 0 radical (unpaired) electrons. The summed E-state index contributed by atoms with van der Waals surface area (Å²) in [5, 5.41) is 0.289. The van der Waals surface area contributed by atoms with E-state index in [1.165, 1.54) is 25.7 Å². The standard InChI is InChI=1S/C17H27ClN2O3S/c1-13-9-14(2)12-20(11-13)8-4-7-19-24(21,22)15-5-6-17(23-3)16(18)10-15/h5-6,10,13-14,19H,4,7-9,11-12H2,1-3H3/t13-,14-/m1/s1. The minimum Gasteiger partial charge on any atom is -0.495 e. The molecule has 1 aliphatic heterocycles. The zero-order valence-corrected chi connectivity index (χ0v) is 16.2. The van der Waals surface area contributed by atoms with Gasteiger partial charge in [0.1, 0.15) is 5.75 Å². The fraction of sp³-hybridized carbons (Fsp3) is 0.647. The average Bonchev–Trinajstić information content (AvgIpc) is 2.50. The molecule has 0 aromatic heterocycles. The Balaban J connectivity index is 1.83. The van der Waals surface area contributed by atoms with Crippen molar-refractivity contribution in [2.75, 3.05) is 33.3 Å². The molecule has 24 heavy (non-hydrogen) atoms. The van der Waals surface area contributed by atoms with E-state index in [1.807, 2.05) is 0 Å². The van der Waals surface area contributed by atoms with Gasteiger partial charge in [0.25, 0.3) is 0 Å². The Morgan fingerprint density at radius 2 is 1.96 bits per heavy atom. The first-order valence-electron chi connectivity index (χ1n) is 8.37. The van der Waals surface area contributed by atoms with Crippen molar-refractivity contribution in [3.8, 4) is 5.75 Å². The van der Waals surface area contributed by atoms with Crippen LogP contribution in [0.3, 0.4) is 0 Å². The minimum atomic E-state index is -3.54. The van der Waals surface area contributed by atoms with E-state index in [9.17, 15) is 8.42 Å². The van der Waals surface area contributed by atoms with Crippen molar-refractivity contribution in [1.82, 2.24) is 9.62 Å². The van der Waals surface area contributed by atoms with Crippen molar-refractivity contribution in [2.45, 2.75) is 31.6 Å². The lowest BCUT2D eigenvalue weighted by Crippen LogP contribution is -2.40. The van der Waals surface area contributed by atoms with Crippen LogP contribution in [0.25, 0.3) is 0 Å². The number of hydrogen-bond donors (Lipinski definition) is 1. The number of sulfonamides is 1. The van der Waals surface area contributed by atoms with Crippen LogP contribution in [0.15, 0.2) is 23.1 Å². The molecule has 1 saturated heterocycles. The summed E-state index contributed by atoms with van der Waals surface area (Å²) in [6, 6.07) is 4.48. The fourth-order valence-electron chi connectivity index (χ4n) is 3.38. The van der Waals surface area contributed by atoms with Gasteiger partial charge in [-0.05, 0) is 49.4 Å². The number of benzene rings is 1. The van der Waals surface area contributed by atoms with Crippen LogP contribution in [0.1, 0.15) is 26.7 Å². The quantitative estimate of drug-likeness (QED) is 0.745. The zero-order chi connectivity index (χ0) is 17.7. The first-order valence-corrected chi connectivity index (χ1v) is 10.2.